The van der Waals surface area contributed by atoms with Crippen LogP contribution in [0.1, 0.15) is 24.2 Å². The van der Waals surface area contributed by atoms with E-state index in [-0.39, 0.29) is 6.54 Å². The molecular formula is C19H22ClN3O. The molecule has 0 amide bonds. The van der Waals surface area contributed by atoms with E-state index in [2.05, 4.69) is 33.4 Å². The third-order valence-corrected chi connectivity index (χ3v) is 4.50. The van der Waals surface area contributed by atoms with Crippen LogP contribution in [0.25, 0.3) is 0 Å². The van der Waals surface area contributed by atoms with Crippen LogP contribution in [-0.4, -0.2) is 30.7 Å². The van der Waals surface area contributed by atoms with Crippen molar-refractivity contribution in [1.29, 1.82) is 0 Å². The van der Waals surface area contributed by atoms with E-state index in [4.69, 9.17) is 11.6 Å². The molecule has 2 N–H and O–H groups in total. The van der Waals surface area contributed by atoms with E-state index in [1.165, 1.54) is 11.3 Å². The molecule has 2 aromatic rings. The van der Waals surface area contributed by atoms with Crippen molar-refractivity contribution in [3.05, 3.63) is 64.7 Å². The van der Waals surface area contributed by atoms with Gasteiger partial charge >= 0.3 is 0 Å². The number of aliphatic hydroxyl groups is 1. The number of anilines is 1. The summed E-state index contributed by atoms with van der Waals surface area (Å²) in [6, 6.07) is 15.7. The number of aliphatic imine (C=N–C) groups is 1. The molecule has 0 bridgehead atoms. The van der Waals surface area contributed by atoms with E-state index in [0.717, 1.165) is 25.5 Å². The van der Waals surface area contributed by atoms with Crippen LogP contribution in [0, 0.1) is 0 Å². The van der Waals surface area contributed by atoms with E-state index in [1.54, 1.807) is 6.07 Å². The quantitative estimate of drug-likeness (QED) is 0.660. The predicted molar refractivity (Wildman–Crippen MR) is 99.9 cm³/mol. The minimum Gasteiger partial charge on any atom is -0.386 e. The van der Waals surface area contributed by atoms with Crippen LogP contribution in [0.4, 0.5) is 5.69 Å². The van der Waals surface area contributed by atoms with Gasteiger partial charge in [0.15, 0.2) is 5.96 Å². The molecule has 0 saturated carbocycles. The van der Waals surface area contributed by atoms with Crippen LogP contribution in [-0.2, 0) is 6.42 Å². The van der Waals surface area contributed by atoms with Gasteiger partial charge in [0.05, 0.1) is 6.54 Å². The number of halogens is 1. The van der Waals surface area contributed by atoms with Gasteiger partial charge < -0.3 is 15.3 Å². The molecule has 0 radical (unpaired) electrons. The monoisotopic (exact) mass is 343 g/mol. The molecule has 1 unspecified atom stereocenters. The Hall–Kier alpha value is -2.04. The SMILES string of the molecule is CCNC(=NCC(O)c1ccccc1Cl)N1CCc2ccccc21. The third kappa shape index (κ3) is 3.55. The lowest BCUT2D eigenvalue weighted by Gasteiger charge is -2.23. The molecule has 2 aromatic carbocycles. The van der Waals surface area contributed by atoms with Gasteiger partial charge in [-0.1, -0.05) is 48.0 Å². The lowest BCUT2D eigenvalue weighted by atomic mass is 10.1. The molecule has 0 fully saturated rings. The summed E-state index contributed by atoms with van der Waals surface area (Å²) < 4.78 is 0. The fraction of sp³-hybridized carbons (Fsp3) is 0.316. The van der Waals surface area contributed by atoms with Gasteiger partial charge in [-0.2, -0.15) is 0 Å². The molecule has 0 spiro atoms. The molecule has 1 aliphatic heterocycles. The third-order valence-electron chi connectivity index (χ3n) is 4.16. The van der Waals surface area contributed by atoms with Crippen molar-refractivity contribution in [2.24, 2.45) is 4.99 Å². The largest absolute Gasteiger partial charge is 0.386 e. The van der Waals surface area contributed by atoms with Crippen LogP contribution in [0.5, 0.6) is 0 Å². The van der Waals surface area contributed by atoms with E-state index in [9.17, 15) is 5.11 Å². The second kappa shape index (κ2) is 7.69. The van der Waals surface area contributed by atoms with Gasteiger partial charge in [0.25, 0.3) is 0 Å². The molecule has 1 atom stereocenters. The van der Waals surface area contributed by atoms with E-state index >= 15 is 0 Å². The fourth-order valence-electron chi connectivity index (χ4n) is 2.97. The standard InChI is InChI=1S/C19H22ClN3O/c1-2-21-19(23-12-11-14-7-3-6-10-17(14)23)22-13-18(24)15-8-4-5-9-16(15)20/h3-10,18,24H,2,11-13H2,1H3,(H,21,22). The molecule has 3 rings (SSSR count). The maximum Gasteiger partial charge on any atom is 0.198 e. The van der Waals surface area contributed by atoms with Crippen LogP contribution in [0.2, 0.25) is 5.02 Å². The maximum absolute atomic E-state index is 10.4. The normalized spacial score (nSPS) is 15.3. The van der Waals surface area contributed by atoms with Crippen molar-refractivity contribution >= 4 is 23.2 Å². The zero-order valence-corrected chi connectivity index (χ0v) is 14.5. The first-order valence-corrected chi connectivity index (χ1v) is 8.64. The van der Waals surface area contributed by atoms with Crippen molar-refractivity contribution in [3.63, 3.8) is 0 Å². The van der Waals surface area contributed by atoms with Crippen LogP contribution < -0.4 is 10.2 Å². The summed E-state index contributed by atoms with van der Waals surface area (Å²) in [5.74, 6) is 0.800. The number of nitrogens with zero attached hydrogens (tertiary/aromatic N) is 2. The zero-order chi connectivity index (χ0) is 16.9. The number of para-hydroxylation sites is 1. The van der Waals surface area contributed by atoms with Gasteiger partial charge in [-0.05, 0) is 31.0 Å². The second-order valence-electron chi connectivity index (χ2n) is 5.76. The number of nitrogens with one attached hydrogen (secondary N) is 1. The van der Waals surface area contributed by atoms with Crippen molar-refractivity contribution in [1.82, 2.24) is 5.32 Å². The number of guanidine groups is 1. The van der Waals surface area contributed by atoms with Crippen molar-refractivity contribution in [2.45, 2.75) is 19.4 Å². The highest BCUT2D eigenvalue weighted by molar-refractivity contribution is 6.31. The lowest BCUT2D eigenvalue weighted by molar-refractivity contribution is 0.187. The Morgan fingerprint density at radius 2 is 2.00 bits per heavy atom. The fourth-order valence-corrected chi connectivity index (χ4v) is 3.23. The number of fused-ring (bicyclic) bond motifs is 1. The highest BCUT2D eigenvalue weighted by atomic mass is 35.5. The second-order valence-corrected chi connectivity index (χ2v) is 6.17. The van der Waals surface area contributed by atoms with Crippen LogP contribution in [0.3, 0.4) is 0 Å². The Bertz CT molecular complexity index is 732. The summed E-state index contributed by atoms with van der Waals surface area (Å²) in [5, 5.41) is 14.3. The van der Waals surface area contributed by atoms with Gasteiger partial charge in [-0.15, -0.1) is 0 Å². The van der Waals surface area contributed by atoms with Crippen LogP contribution >= 0.6 is 11.6 Å². The van der Waals surface area contributed by atoms with Crippen LogP contribution in [0.15, 0.2) is 53.5 Å². The van der Waals surface area contributed by atoms with Gasteiger partial charge in [-0.3, -0.25) is 0 Å². The Balaban J connectivity index is 1.79. The highest BCUT2D eigenvalue weighted by Gasteiger charge is 2.22. The first-order chi connectivity index (χ1) is 11.7. The number of benzene rings is 2. The summed E-state index contributed by atoms with van der Waals surface area (Å²) in [5.41, 5.74) is 3.22. The number of hydrogen-bond donors (Lipinski definition) is 2. The minimum absolute atomic E-state index is 0.269. The Morgan fingerprint density at radius 3 is 2.79 bits per heavy atom. The summed E-state index contributed by atoms with van der Waals surface area (Å²) in [4.78, 5) is 6.81. The van der Waals surface area contributed by atoms with E-state index in [0.29, 0.717) is 10.6 Å². The van der Waals surface area contributed by atoms with Crippen molar-refractivity contribution in [3.8, 4) is 0 Å². The minimum atomic E-state index is -0.717. The molecule has 0 aliphatic carbocycles. The van der Waals surface area contributed by atoms with Gasteiger partial charge in [0.1, 0.15) is 6.10 Å². The van der Waals surface area contributed by atoms with Crippen molar-refractivity contribution < 1.29 is 5.11 Å². The zero-order valence-electron chi connectivity index (χ0n) is 13.7. The molecule has 1 heterocycles. The van der Waals surface area contributed by atoms with E-state index in [1.807, 2.05) is 31.2 Å². The summed E-state index contributed by atoms with van der Waals surface area (Å²) in [6.07, 6.45) is 0.290. The molecule has 126 valence electrons. The molecule has 0 aromatic heterocycles. The molecule has 1 aliphatic rings. The Kier molecular flexibility index (Phi) is 5.38. The van der Waals surface area contributed by atoms with Gasteiger partial charge in [-0.25, -0.2) is 4.99 Å². The first-order valence-electron chi connectivity index (χ1n) is 8.27. The van der Waals surface area contributed by atoms with Gasteiger partial charge in [0.2, 0.25) is 0 Å². The topological polar surface area (TPSA) is 47.9 Å². The smallest absolute Gasteiger partial charge is 0.198 e. The van der Waals surface area contributed by atoms with E-state index < -0.39 is 6.10 Å². The maximum atomic E-state index is 10.4. The summed E-state index contributed by atoms with van der Waals surface area (Å²) in [6.45, 7) is 3.99. The lowest BCUT2D eigenvalue weighted by Crippen LogP contribution is -2.40. The molecule has 4 nitrogen and oxygen atoms in total. The molecule has 24 heavy (non-hydrogen) atoms. The van der Waals surface area contributed by atoms with Gasteiger partial charge in [0, 0.05) is 29.4 Å². The first kappa shape index (κ1) is 16.8. The Morgan fingerprint density at radius 1 is 1.25 bits per heavy atom. The Labute approximate surface area is 147 Å². The number of aliphatic hydroxyl groups excluding tert-OH is 1. The van der Waals surface area contributed by atoms with Crippen molar-refractivity contribution in [2.75, 3.05) is 24.5 Å². The average molecular weight is 344 g/mol. The predicted octanol–water partition coefficient (Wildman–Crippen LogP) is 3.40. The number of hydrogen-bond acceptors (Lipinski definition) is 2. The summed E-state index contributed by atoms with van der Waals surface area (Å²) >= 11 is 6.16. The average Bonchev–Trinajstić information content (AvgIpc) is 3.03. The molecule has 0 saturated heterocycles. The summed E-state index contributed by atoms with van der Waals surface area (Å²) in [7, 11) is 0. The molecular weight excluding hydrogens is 322 g/mol. The molecule has 5 heteroatoms. The number of rotatable bonds is 4. The highest BCUT2D eigenvalue weighted by Crippen LogP contribution is 2.28.